The summed E-state index contributed by atoms with van der Waals surface area (Å²) in [6.45, 7) is 0. The van der Waals surface area contributed by atoms with Crippen LogP contribution in [0.5, 0.6) is 5.75 Å². The number of nitrogens with zero attached hydrogens (tertiary/aromatic N) is 1. The minimum Gasteiger partial charge on any atom is -0.495 e. The van der Waals surface area contributed by atoms with Crippen molar-refractivity contribution in [2.24, 2.45) is 0 Å². The Morgan fingerprint density at radius 1 is 1.30 bits per heavy atom. The lowest BCUT2D eigenvalue weighted by Gasteiger charge is -2.33. The molecule has 0 fully saturated rings. The van der Waals surface area contributed by atoms with Crippen molar-refractivity contribution in [2.45, 2.75) is 24.9 Å². The molecular weight excluding hydrogens is 318 g/mol. The third-order valence-corrected chi connectivity index (χ3v) is 4.38. The van der Waals surface area contributed by atoms with Crippen molar-refractivity contribution in [3.63, 3.8) is 0 Å². The number of halogens is 1. The van der Waals surface area contributed by atoms with Crippen molar-refractivity contribution in [3.05, 3.63) is 57.8 Å². The molecule has 3 nitrogen and oxygen atoms in total. The minimum absolute atomic E-state index is 0.572. The van der Waals surface area contributed by atoms with Crippen LogP contribution in [-0.4, -0.2) is 17.2 Å². The molecule has 0 radical (unpaired) electrons. The first-order chi connectivity index (χ1) is 9.62. The number of fused-ring (bicyclic) bond motifs is 1. The van der Waals surface area contributed by atoms with Crippen LogP contribution in [0.15, 0.2) is 41.0 Å². The monoisotopic (exact) mass is 333 g/mol. The van der Waals surface area contributed by atoms with E-state index in [9.17, 15) is 5.11 Å². The molecule has 0 spiro atoms. The van der Waals surface area contributed by atoms with Gasteiger partial charge in [0, 0.05) is 17.1 Å². The van der Waals surface area contributed by atoms with Crippen molar-refractivity contribution in [1.29, 1.82) is 0 Å². The van der Waals surface area contributed by atoms with Gasteiger partial charge in [-0.3, -0.25) is 4.98 Å². The number of pyridine rings is 1. The first-order valence-corrected chi connectivity index (χ1v) is 7.41. The molecule has 0 saturated heterocycles. The van der Waals surface area contributed by atoms with Gasteiger partial charge in [0.1, 0.15) is 17.0 Å². The smallest absolute Gasteiger partial charge is 0.143 e. The van der Waals surface area contributed by atoms with Crippen LogP contribution in [0, 0.1) is 0 Å². The highest BCUT2D eigenvalue weighted by Crippen LogP contribution is 2.39. The summed E-state index contributed by atoms with van der Waals surface area (Å²) in [5.74, 6) is 0.649. The van der Waals surface area contributed by atoms with E-state index in [1.165, 1.54) is 11.1 Å². The van der Waals surface area contributed by atoms with Crippen molar-refractivity contribution < 1.29 is 9.84 Å². The van der Waals surface area contributed by atoms with Crippen LogP contribution < -0.4 is 4.74 Å². The number of hydrogen-bond acceptors (Lipinski definition) is 3. The second-order valence-corrected chi connectivity index (χ2v) is 6.09. The number of ether oxygens (including phenoxy) is 1. The Morgan fingerprint density at radius 2 is 2.15 bits per heavy atom. The normalized spacial score (nSPS) is 21.4. The van der Waals surface area contributed by atoms with Gasteiger partial charge in [0.05, 0.1) is 7.11 Å². The van der Waals surface area contributed by atoms with Gasteiger partial charge >= 0.3 is 0 Å². The predicted octanol–water partition coefficient (Wildman–Crippen LogP) is 3.23. The number of rotatable bonds is 2. The number of methoxy groups -OCH3 is 1. The topological polar surface area (TPSA) is 42.4 Å². The van der Waals surface area contributed by atoms with Crippen LogP contribution in [0.3, 0.4) is 0 Å². The lowest BCUT2D eigenvalue weighted by Crippen LogP contribution is -2.34. The molecule has 3 rings (SSSR count). The largest absolute Gasteiger partial charge is 0.495 e. The van der Waals surface area contributed by atoms with Gasteiger partial charge in [0.15, 0.2) is 0 Å². The summed E-state index contributed by atoms with van der Waals surface area (Å²) in [7, 11) is 1.61. The highest BCUT2D eigenvalue weighted by atomic mass is 79.9. The molecule has 1 atom stereocenters. The second kappa shape index (κ2) is 5.19. The number of aliphatic hydroxyl groups is 1. The fourth-order valence-electron chi connectivity index (χ4n) is 2.85. The van der Waals surface area contributed by atoms with Crippen LogP contribution in [0.25, 0.3) is 0 Å². The average molecular weight is 334 g/mol. The summed E-state index contributed by atoms with van der Waals surface area (Å²) in [5.41, 5.74) is 2.15. The van der Waals surface area contributed by atoms with E-state index >= 15 is 0 Å². The van der Waals surface area contributed by atoms with Crippen molar-refractivity contribution in [1.82, 2.24) is 4.98 Å². The van der Waals surface area contributed by atoms with E-state index in [-0.39, 0.29) is 0 Å². The molecule has 1 aromatic heterocycles. The molecule has 1 unspecified atom stereocenters. The van der Waals surface area contributed by atoms with Gasteiger partial charge < -0.3 is 9.84 Å². The molecule has 0 amide bonds. The number of aromatic nitrogens is 1. The van der Waals surface area contributed by atoms with Gasteiger partial charge in [0.25, 0.3) is 0 Å². The first-order valence-electron chi connectivity index (χ1n) is 6.61. The number of aryl methyl sites for hydroxylation is 1. The highest BCUT2D eigenvalue weighted by Gasteiger charge is 2.37. The molecule has 0 bridgehead atoms. The second-order valence-electron chi connectivity index (χ2n) is 5.18. The van der Waals surface area contributed by atoms with Gasteiger partial charge in [-0.05, 0) is 48.2 Å². The predicted molar refractivity (Wildman–Crippen MR) is 80.9 cm³/mol. The van der Waals surface area contributed by atoms with Crippen molar-refractivity contribution >= 4 is 15.9 Å². The zero-order valence-corrected chi connectivity index (χ0v) is 12.9. The van der Waals surface area contributed by atoms with Crippen LogP contribution in [0.2, 0.25) is 0 Å². The van der Waals surface area contributed by atoms with E-state index in [2.05, 4.69) is 33.0 Å². The molecule has 1 aromatic carbocycles. The molecule has 1 aliphatic carbocycles. The molecule has 2 aromatic rings. The third kappa shape index (κ3) is 2.34. The molecular formula is C16H16BrNO2. The Bertz CT molecular complexity index is 644. The quantitative estimate of drug-likeness (QED) is 0.917. The minimum atomic E-state index is -0.951. The summed E-state index contributed by atoms with van der Waals surface area (Å²) in [6.07, 6.45) is 3.77. The van der Waals surface area contributed by atoms with Gasteiger partial charge in [-0.2, -0.15) is 0 Å². The summed E-state index contributed by atoms with van der Waals surface area (Å²) in [6, 6.07) is 9.88. The molecule has 1 heterocycles. The summed E-state index contributed by atoms with van der Waals surface area (Å²) in [5, 5.41) is 11.0. The summed E-state index contributed by atoms with van der Waals surface area (Å²) >= 11 is 3.49. The summed E-state index contributed by atoms with van der Waals surface area (Å²) < 4.78 is 6.42. The molecule has 104 valence electrons. The fourth-order valence-corrected chi connectivity index (χ4v) is 3.26. The van der Waals surface area contributed by atoms with E-state index < -0.39 is 5.60 Å². The highest BCUT2D eigenvalue weighted by molar-refractivity contribution is 9.10. The molecule has 4 heteroatoms. The Hall–Kier alpha value is -1.39. The maximum atomic E-state index is 11.0. The van der Waals surface area contributed by atoms with Gasteiger partial charge in [-0.25, -0.2) is 0 Å². The summed E-state index contributed by atoms with van der Waals surface area (Å²) in [4.78, 5) is 4.35. The Labute approximate surface area is 126 Å². The van der Waals surface area contributed by atoms with Gasteiger partial charge in [-0.15, -0.1) is 0 Å². The van der Waals surface area contributed by atoms with Crippen LogP contribution in [-0.2, 0) is 18.4 Å². The molecule has 1 N–H and O–H groups in total. The molecule has 20 heavy (non-hydrogen) atoms. The van der Waals surface area contributed by atoms with Crippen LogP contribution in [0.4, 0.5) is 0 Å². The average Bonchev–Trinajstić information content (AvgIpc) is 2.47. The Kier molecular flexibility index (Phi) is 3.52. The van der Waals surface area contributed by atoms with Gasteiger partial charge in [0.2, 0.25) is 0 Å². The zero-order chi connectivity index (χ0) is 14.2. The molecule has 0 saturated carbocycles. The standard InChI is InChI=1S/C16H16BrNO2/c1-20-14-3-2-8-18-15(14)16(19)7-6-11-9-13(17)5-4-12(11)10-16/h2-5,8-9,19H,6-7,10H2,1H3. The van der Waals surface area contributed by atoms with E-state index in [1.807, 2.05) is 18.2 Å². The Morgan fingerprint density at radius 3 is 2.95 bits per heavy atom. The maximum absolute atomic E-state index is 11.0. The van der Waals surface area contributed by atoms with Crippen molar-refractivity contribution in [3.8, 4) is 5.75 Å². The first kappa shape index (κ1) is 13.6. The number of benzene rings is 1. The van der Waals surface area contributed by atoms with Gasteiger partial charge in [-0.1, -0.05) is 22.0 Å². The van der Waals surface area contributed by atoms with E-state index in [4.69, 9.17) is 4.74 Å². The maximum Gasteiger partial charge on any atom is 0.143 e. The lowest BCUT2D eigenvalue weighted by atomic mass is 9.78. The van der Waals surface area contributed by atoms with Crippen LogP contribution >= 0.6 is 15.9 Å². The molecule has 0 aliphatic heterocycles. The SMILES string of the molecule is COc1cccnc1C1(O)CCc2cc(Br)ccc2C1. The zero-order valence-electron chi connectivity index (χ0n) is 11.3. The van der Waals surface area contributed by atoms with E-state index in [1.54, 1.807) is 13.3 Å². The van der Waals surface area contributed by atoms with E-state index in [0.717, 1.165) is 10.9 Å². The Balaban J connectivity index is 2.00. The fraction of sp³-hybridized carbons (Fsp3) is 0.312. The third-order valence-electron chi connectivity index (χ3n) is 3.89. The van der Waals surface area contributed by atoms with Crippen molar-refractivity contribution in [2.75, 3.05) is 7.11 Å². The lowest BCUT2D eigenvalue weighted by molar-refractivity contribution is 0.0156. The van der Waals surface area contributed by atoms with Crippen LogP contribution in [0.1, 0.15) is 23.2 Å². The molecule has 1 aliphatic rings. The van der Waals surface area contributed by atoms with E-state index in [0.29, 0.717) is 24.3 Å². The number of hydrogen-bond donors (Lipinski definition) is 1.